The molecule has 11 aromatic carbocycles. The molecule has 342 valence electrons. The zero-order valence-corrected chi connectivity index (χ0v) is 40.0. The van der Waals surface area contributed by atoms with Gasteiger partial charge in [-0.05, 0) is 98.1 Å². The van der Waals surface area contributed by atoms with Crippen LogP contribution in [0.5, 0.6) is 0 Å². The van der Waals surface area contributed by atoms with Crippen molar-refractivity contribution >= 4 is 21.8 Å². The first-order chi connectivity index (χ1) is 36.2. The number of hydrogen-bond donors (Lipinski definition) is 0. The smallest absolute Gasteiger partial charge is 0.160 e. The Morgan fingerprint density at radius 1 is 0.219 bits per heavy atom. The van der Waals surface area contributed by atoms with Crippen molar-refractivity contribution in [2.75, 3.05) is 0 Å². The molecular weight excluding hydrogens is 883 g/mol. The Morgan fingerprint density at radius 2 is 0.507 bits per heavy atom. The van der Waals surface area contributed by atoms with Crippen molar-refractivity contribution in [2.45, 2.75) is 0 Å². The maximum atomic E-state index is 5.42. The zero-order chi connectivity index (χ0) is 48.5. The summed E-state index contributed by atoms with van der Waals surface area (Å²) in [5.74, 6) is 0.676. The number of fused-ring (bicyclic) bond motifs is 3. The Labute approximate surface area is 425 Å². The highest BCUT2D eigenvalue weighted by molar-refractivity contribution is 6.23. The lowest BCUT2D eigenvalue weighted by atomic mass is 9.90. The molecule has 0 saturated carbocycles. The van der Waals surface area contributed by atoms with E-state index in [0.29, 0.717) is 5.82 Å². The summed E-state index contributed by atoms with van der Waals surface area (Å²) in [7, 11) is 0. The van der Waals surface area contributed by atoms with Crippen molar-refractivity contribution in [3.05, 3.63) is 285 Å². The van der Waals surface area contributed by atoms with E-state index in [2.05, 4.69) is 265 Å². The highest BCUT2D eigenvalue weighted by Crippen LogP contribution is 2.50. The predicted octanol–water partition coefficient (Wildman–Crippen LogP) is 18.6. The van der Waals surface area contributed by atoms with Gasteiger partial charge in [0.05, 0.1) is 28.1 Å². The van der Waals surface area contributed by atoms with Crippen LogP contribution in [0.4, 0.5) is 0 Å². The van der Waals surface area contributed by atoms with E-state index in [9.17, 15) is 0 Å². The van der Waals surface area contributed by atoms with Crippen LogP contribution < -0.4 is 0 Å². The minimum absolute atomic E-state index is 0.676. The molecule has 3 heteroatoms. The van der Waals surface area contributed by atoms with Crippen LogP contribution in [-0.2, 0) is 0 Å². The van der Waals surface area contributed by atoms with Gasteiger partial charge in [0.25, 0.3) is 0 Å². The number of nitrogens with zero attached hydrogens (tertiary/aromatic N) is 3. The molecule has 0 saturated heterocycles. The van der Waals surface area contributed by atoms with Gasteiger partial charge in [0.1, 0.15) is 0 Å². The molecule has 2 heterocycles. The molecule has 0 aliphatic carbocycles. The molecule has 0 fully saturated rings. The first-order valence-corrected chi connectivity index (χ1v) is 24.9. The molecule has 0 unspecified atom stereocenters. The SMILES string of the molecule is c1ccc(-c2cc(-c3ccccc3)c3c4c(-c5ccccc5)cc(-c5ccccc5)cc4n(-c4c(-c5ccccc5)cc(-c5cc(-c6ccccc6)nc(-c6ccccc6)n5)cc4-c4ccccc4)c3c2)cc1. The van der Waals surface area contributed by atoms with Crippen molar-refractivity contribution in [2.24, 2.45) is 0 Å². The van der Waals surface area contributed by atoms with E-state index in [-0.39, 0.29) is 0 Å². The van der Waals surface area contributed by atoms with Crippen LogP contribution in [0.15, 0.2) is 285 Å². The number of hydrogen-bond acceptors (Lipinski definition) is 2. The van der Waals surface area contributed by atoms with Crippen LogP contribution in [-0.4, -0.2) is 14.5 Å². The highest BCUT2D eigenvalue weighted by atomic mass is 15.0. The molecule has 0 aliphatic heterocycles. The fraction of sp³-hybridized carbons (Fsp3) is 0. The van der Waals surface area contributed by atoms with Gasteiger partial charge in [-0.3, -0.25) is 0 Å². The van der Waals surface area contributed by atoms with Crippen LogP contribution in [0.1, 0.15) is 0 Å². The van der Waals surface area contributed by atoms with Gasteiger partial charge >= 0.3 is 0 Å². The average molecular weight is 930 g/mol. The van der Waals surface area contributed by atoms with E-state index in [4.69, 9.17) is 9.97 Å². The predicted molar refractivity (Wildman–Crippen MR) is 305 cm³/mol. The highest BCUT2D eigenvalue weighted by Gasteiger charge is 2.27. The molecule has 0 amide bonds. The second-order valence-electron chi connectivity index (χ2n) is 18.5. The molecule has 0 spiro atoms. The summed E-state index contributed by atoms with van der Waals surface area (Å²) in [4.78, 5) is 10.6. The Bertz CT molecular complexity index is 3810. The van der Waals surface area contributed by atoms with E-state index in [1.807, 2.05) is 24.3 Å². The Balaban J connectivity index is 1.23. The van der Waals surface area contributed by atoms with Crippen molar-refractivity contribution in [1.82, 2.24) is 14.5 Å². The molecule has 0 aliphatic rings. The first kappa shape index (κ1) is 43.3. The van der Waals surface area contributed by atoms with Gasteiger partial charge < -0.3 is 4.57 Å². The second kappa shape index (κ2) is 18.9. The third kappa shape index (κ3) is 8.19. The minimum atomic E-state index is 0.676. The van der Waals surface area contributed by atoms with Gasteiger partial charge in [0, 0.05) is 38.6 Å². The summed E-state index contributed by atoms with van der Waals surface area (Å²) in [5.41, 5.74) is 21.6. The summed E-state index contributed by atoms with van der Waals surface area (Å²) in [6.07, 6.45) is 0. The lowest BCUT2D eigenvalue weighted by Gasteiger charge is -2.22. The van der Waals surface area contributed by atoms with E-state index >= 15 is 0 Å². The third-order valence-corrected chi connectivity index (χ3v) is 14.0. The van der Waals surface area contributed by atoms with Crippen molar-refractivity contribution in [3.63, 3.8) is 0 Å². The van der Waals surface area contributed by atoms with E-state index in [0.717, 1.165) is 100 Å². The van der Waals surface area contributed by atoms with Crippen LogP contribution in [0.25, 0.3) is 128 Å². The summed E-state index contributed by atoms with van der Waals surface area (Å²) in [5, 5.41) is 2.38. The standard InChI is InChI=1S/C70H47N3/c1-9-25-48(26-10-1)56-41-59(50-29-13-3-14-30-50)67-65(45-56)73(66-46-57(49-27-11-2-12-28-49)42-60(68(66)67)51-31-15-4-16-32-51)69-61(52-33-17-5-18-34-52)43-58(44-62(69)53-35-19-6-20-36-53)64-47-63(54-37-21-7-22-38-54)71-70(72-64)55-39-23-8-24-40-55/h1-47H. The summed E-state index contributed by atoms with van der Waals surface area (Å²) in [6, 6.07) is 102. The molecule has 0 bridgehead atoms. The Kier molecular flexibility index (Phi) is 11.2. The maximum Gasteiger partial charge on any atom is 0.160 e. The van der Waals surface area contributed by atoms with Crippen LogP contribution in [0, 0.1) is 0 Å². The maximum absolute atomic E-state index is 5.42. The molecule has 13 rings (SSSR count). The van der Waals surface area contributed by atoms with Gasteiger partial charge in [-0.1, -0.05) is 243 Å². The fourth-order valence-electron chi connectivity index (χ4n) is 10.6. The third-order valence-electron chi connectivity index (χ3n) is 14.0. The van der Waals surface area contributed by atoms with Gasteiger partial charge in [0.2, 0.25) is 0 Å². The molecule has 3 nitrogen and oxygen atoms in total. The van der Waals surface area contributed by atoms with Gasteiger partial charge in [-0.2, -0.15) is 0 Å². The summed E-state index contributed by atoms with van der Waals surface area (Å²) in [6.45, 7) is 0. The van der Waals surface area contributed by atoms with Gasteiger partial charge in [0.15, 0.2) is 5.82 Å². The van der Waals surface area contributed by atoms with Crippen LogP contribution >= 0.6 is 0 Å². The second-order valence-corrected chi connectivity index (χ2v) is 18.5. The molecule has 73 heavy (non-hydrogen) atoms. The summed E-state index contributed by atoms with van der Waals surface area (Å²) >= 11 is 0. The number of benzene rings is 11. The number of rotatable bonds is 10. The van der Waals surface area contributed by atoms with Gasteiger partial charge in [-0.25, -0.2) is 9.97 Å². The van der Waals surface area contributed by atoms with Crippen LogP contribution in [0.2, 0.25) is 0 Å². The monoisotopic (exact) mass is 929 g/mol. The Morgan fingerprint density at radius 3 is 0.877 bits per heavy atom. The zero-order valence-electron chi connectivity index (χ0n) is 40.0. The van der Waals surface area contributed by atoms with E-state index in [1.54, 1.807) is 0 Å². The lowest BCUT2D eigenvalue weighted by Crippen LogP contribution is -2.03. The Hall–Kier alpha value is -9.70. The van der Waals surface area contributed by atoms with E-state index in [1.165, 1.54) is 21.9 Å². The first-order valence-electron chi connectivity index (χ1n) is 24.9. The molecular formula is C70H47N3. The molecule has 0 atom stereocenters. The lowest BCUT2D eigenvalue weighted by molar-refractivity contribution is 1.17. The quantitative estimate of drug-likeness (QED) is 0.137. The minimum Gasteiger partial charge on any atom is -0.308 e. The van der Waals surface area contributed by atoms with Crippen molar-refractivity contribution in [3.8, 4) is 106 Å². The van der Waals surface area contributed by atoms with Crippen LogP contribution in [0.3, 0.4) is 0 Å². The molecule has 2 aromatic heterocycles. The van der Waals surface area contributed by atoms with Crippen molar-refractivity contribution in [1.29, 1.82) is 0 Å². The largest absolute Gasteiger partial charge is 0.308 e. The van der Waals surface area contributed by atoms with E-state index < -0.39 is 0 Å². The normalized spacial score (nSPS) is 11.3. The molecule has 13 aromatic rings. The van der Waals surface area contributed by atoms with Gasteiger partial charge in [-0.15, -0.1) is 0 Å². The average Bonchev–Trinajstić information content (AvgIpc) is 3.82. The molecule has 0 N–H and O–H groups in total. The molecule has 0 radical (unpaired) electrons. The fourth-order valence-corrected chi connectivity index (χ4v) is 10.6. The topological polar surface area (TPSA) is 30.7 Å². The number of aromatic nitrogens is 3. The summed E-state index contributed by atoms with van der Waals surface area (Å²) < 4.78 is 2.58. The van der Waals surface area contributed by atoms with Crippen molar-refractivity contribution < 1.29 is 0 Å².